The van der Waals surface area contributed by atoms with Gasteiger partial charge in [-0.3, -0.25) is 0 Å². The van der Waals surface area contributed by atoms with Crippen molar-refractivity contribution in [1.29, 1.82) is 0 Å². The molecule has 0 radical (unpaired) electrons. The van der Waals surface area contributed by atoms with Gasteiger partial charge in [-0.1, -0.05) is 0 Å². The molecule has 0 aromatic heterocycles. The van der Waals surface area contributed by atoms with E-state index in [4.69, 9.17) is 0 Å². The summed E-state index contributed by atoms with van der Waals surface area (Å²) in [7, 11) is -7.38. The highest BCUT2D eigenvalue weighted by Crippen LogP contribution is 2.61. The van der Waals surface area contributed by atoms with Crippen molar-refractivity contribution in [3.8, 4) is 0 Å². The SMILES string of the molecule is O=C1OP(=O)(OP(=O)=O)O1. The molecule has 56 valence electrons. The van der Waals surface area contributed by atoms with Crippen LogP contribution in [0.2, 0.25) is 0 Å². The first-order valence-electron chi connectivity index (χ1n) is 1.89. The minimum Gasteiger partial charge on any atom is -0.327 e. The molecule has 0 spiro atoms. The number of hydrogen-bond acceptors (Lipinski definition) is 7. The van der Waals surface area contributed by atoms with Crippen LogP contribution in [0.5, 0.6) is 0 Å². The third-order valence-corrected chi connectivity index (χ3v) is 2.62. The molecule has 0 amide bonds. The third kappa shape index (κ3) is 1.44. The minimum atomic E-state index is -4.05. The van der Waals surface area contributed by atoms with Gasteiger partial charge >= 0.3 is 21.9 Å². The molecule has 9 heteroatoms. The number of phosphoric acid groups is 1. The summed E-state index contributed by atoms with van der Waals surface area (Å²) in [6.45, 7) is 0. The van der Waals surface area contributed by atoms with Crippen LogP contribution in [0.1, 0.15) is 0 Å². The number of carbonyl (C=O) groups is 1. The van der Waals surface area contributed by atoms with E-state index in [9.17, 15) is 18.5 Å². The number of carbonyl (C=O) groups excluding carboxylic acids is 1. The second kappa shape index (κ2) is 2.20. The Hall–Kier alpha value is -0.640. The van der Waals surface area contributed by atoms with E-state index in [1.807, 2.05) is 0 Å². The highest BCUT2D eigenvalue weighted by molar-refractivity contribution is 7.57. The van der Waals surface area contributed by atoms with Crippen LogP contribution in [0, 0.1) is 0 Å². The molecule has 0 unspecified atom stereocenters. The fourth-order valence-corrected chi connectivity index (χ4v) is 1.60. The number of phosphoric ester groups is 1. The summed E-state index contributed by atoms with van der Waals surface area (Å²) in [5.41, 5.74) is 0. The van der Waals surface area contributed by atoms with E-state index < -0.39 is 21.9 Å². The molecule has 0 aromatic carbocycles. The van der Waals surface area contributed by atoms with Gasteiger partial charge in [0, 0.05) is 0 Å². The maximum absolute atomic E-state index is 10.4. The van der Waals surface area contributed by atoms with E-state index in [1.54, 1.807) is 0 Å². The van der Waals surface area contributed by atoms with Gasteiger partial charge in [-0.15, -0.1) is 4.31 Å². The quantitative estimate of drug-likeness (QED) is 0.600. The van der Waals surface area contributed by atoms with Crippen molar-refractivity contribution >= 4 is 21.9 Å². The Labute approximate surface area is 54.8 Å². The van der Waals surface area contributed by atoms with Crippen molar-refractivity contribution in [2.45, 2.75) is 0 Å². The molecule has 0 saturated carbocycles. The zero-order valence-corrected chi connectivity index (χ0v) is 6.04. The zero-order chi connectivity index (χ0) is 7.78. The molecule has 1 rings (SSSR count). The molecule has 0 bridgehead atoms. The molecule has 1 heterocycles. The average molecular weight is 186 g/mol. The van der Waals surface area contributed by atoms with Crippen LogP contribution >= 0.6 is 15.7 Å². The average Bonchev–Trinajstić information content (AvgIpc) is 1.57. The Balaban J connectivity index is 2.58. The molecule has 1 aliphatic heterocycles. The Morgan fingerprint density at radius 3 is 2.20 bits per heavy atom. The Bertz CT molecular complexity index is 253. The van der Waals surface area contributed by atoms with Gasteiger partial charge in [-0.05, 0) is 0 Å². The molecule has 10 heavy (non-hydrogen) atoms. The second-order valence-corrected chi connectivity index (χ2v) is 3.55. The van der Waals surface area contributed by atoms with Gasteiger partial charge in [-0.25, -0.2) is 18.5 Å². The third-order valence-electron chi connectivity index (χ3n) is 0.539. The van der Waals surface area contributed by atoms with Gasteiger partial charge in [0.25, 0.3) is 0 Å². The fourth-order valence-electron chi connectivity index (χ4n) is 0.304. The van der Waals surface area contributed by atoms with E-state index in [2.05, 4.69) is 13.4 Å². The van der Waals surface area contributed by atoms with Crippen LogP contribution in [0.3, 0.4) is 0 Å². The van der Waals surface area contributed by atoms with Crippen molar-refractivity contribution in [1.82, 2.24) is 0 Å². The van der Waals surface area contributed by atoms with Gasteiger partial charge < -0.3 is 9.05 Å². The smallest absolute Gasteiger partial charge is 0.327 e. The molecule has 1 saturated heterocycles. The lowest BCUT2D eigenvalue weighted by atomic mass is 11.5. The Morgan fingerprint density at radius 1 is 1.40 bits per heavy atom. The van der Waals surface area contributed by atoms with E-state index in [0.717, 1.165) is 0 Å². The minimum absolute atomic E-state index is 1.21. The predicted molar refractivity (Wildman–Crippen MR) is 24.6 cm³/mol. The van der Waals surface area contributed by atoms with Crippen molar-refractivity contribution in [3.05, 3.63) is 0 Å². The molecule has 1 aliphatic rings. The van der Waals surface area contributed by atoms with E-state index in [1.165, 1.54) is 0 Å². The molecule has 0 aromatic rings. The summed E-state index contributed by atoms with van der Waals surface area (Å²) in [6.07, 6.45) is -1.21. The Kier molecular flexibility index (Phi) is 1.64. The maximum atomic E-state index is 10.4. The largest absolute Gasteiger partial charge is 0.609 e. The van der Waals surface area contributed by atoms with Crippen LogP contribution in [0.15, 0.2) is 0 Å². The summed E-state index contributed by atoms with van der Waals surface area (Å²) in [4.78, 5) is 9.80. The lowest BCUT2D eigenvalue weighted by Crippen LogP contribution is -2.16. The summed E-state index contributed by atoms with van der Waals surface area (Å²) >= 11 is 0. The van der Waals surface area contributed by atoms with Gasteiger partial charge in [-0.2, -0.15) is 0 Å². The van der Waals surface area contributed by atoms with Gasteiger partial charge in [0.2, 0.25) is 0 Å². The normalized spacial score (nSPS) is 20.2. The van der Waals surface area contributed by atoms with E-state index in [-0.39, 0.29) is 0 Å². The molecular formula is CO7P2. The molecule has 0 atom stereocenters. The monoisotopic (exact) mass is 186 g/mol. The van der Waals surface area contributed by atoms with Crippen molar-refractivity contribution in [3.63, 3.8) is 0 Å². The van der Waals surface area contributed by atoms with E-state index >= 15 is 0 Å². The summed E-state index contributed by atoms with van der Waals surface area (Å²) in [6, 6.07) is 0. The van der Waals surface area contributed by atoms with Crippen LogP contribution in [-0.2, 0) is 27.1 Å². The molecule has 0 N–H and O–H groups in total. The zero-order valence-electron chi connectivity index (χ0n) is 4.25. The molecular weight excluding hydrogens is 186 g/mol. The second-order valence-electron chi connectivity index (χ2n) is 1.19. The summed E-state index contributed by atoms with van der Waals surface area (Å²) in [5, 5.41) is 0. The fraction of sp³-hybridized carbons (Fsp3) is 0. The molecule has 1 fully saturated rings. The first-order valence-corrected chi connectivity index (χ1v) is 4.45. The summed E-state index contributed by atoms with van der Waals surface area (Å²) < 4.78 is 40.8. The first-order chi connectivity index (χ1) is 4.52. The lowest BCUT2D eigenvalue weighted by molar-refractivity contribution is 0.0757. The number of hydrogen-bond donors (Lipinski definition) is 0. The topological polar surface area (TPSA) is 96.0 Å². The molecule has 0 aliphatic carbocycles. The van der Waals surface area contributed by atoms with Crippen molar-refractivity contribution in [2.24, 2.45) is 0 Å². The predicted octanol–water partition coefficient (Wildman–Crippen LogP) is 1.37. The highest BCUT2D eigenvalue weighted by atomic mass is 31.2. The van der Waals surface area contributed by atoms with Crippen LogP contribution in [0.4, 0.5) is 4.79 Å². The van der Waals surface area contributed by atoms with Crippen LogP contribution in [-0.4, -0.2) is 6.16 Å². The van der Waals surface area contributed by atoms with Gasteiger partial charge in [0.1, 0.15) is 0 Å². The highest BCUT2D eigenvalue weighted by Gasteiger charge is 2.49. The van der Waals surface area contributed by atoms with Crippen molar-refractivity contribution < 1.29 is 31.8 Å². The van der Waals surface area contributed by atoms with Crippen LogP contribution < -0.4 is 0 Å². The number of rotatable bonds is 2. The van der Waals surface area contributed by atoms with Crippen molar-refractivity contribution in [2.75, 3.05) is 0 Å². The Morgan fingerprint density at radius 2 is 1.90 bits per heavy atom. The first kappa shape index (κ1) is 7.47. The van der Waals surface area contributed by atoms with Gasteiger partial charge in [0.15, 0.2) is 0 Å². The van der Waals surface area contributed by atoms with Gasteiger partial charge in [0.05, 0.1) is 0 Å². The summed E-state index contributed by atoms with van der Waals surface area (Å²) in [5.74, 6) is 0. The standard InChI is InChI=1S/CO7P2/c2-1-6-10(5,7-1)8-9(3)4. The van der Waals surface area contributed by atoms with Crippen LogP contribution in [0.25, 0.3) is 0 Å². The maximum Gasteiger partial charge on any atom is 0.609 e. The molecule has 7 nitrogen and oxygen atoms in total. The van der Waals surface area contributed by atoms with E-state index in [0.29, 0.717) is 0 Å². The lowest BCUT2D eigenvalue weighted by Gasteiger charge is -2.19.